The Kier molecular flexibility index (Phi) is 5.36. The van der Waals surface area contributed by atoms with Crippen LogP contribution in [0, 0.1) is 0 Å². The van der Waals surface area contributed by atoms with Gasteiger partial charge in [0.15, 0.2) is 0 Å². The maximum atomic E-state index is 5.70. The van der Waals surface area contributed by atoms with E-state index in [0.29, 0.717) is 19.1 Å². The number of ether oxygens (including phenoxy) is 2. The average molecular weight is 324 g/mol. The zero-order valence-electron chi connectivity index (χ0n) is 14.3. The molecule has 0 bridgehead atoms. The Hall–Kier alpha value is -2.49. The Bertz CT molecular complexity index is 685. The quantitative estimate of drug-likeness (QED) is 0.762. The number of aliphatic imine (C=N–C) groups is 1. The molecule has 126 valence electrons. The van der Waals surface area contributed by atoms with Crippen molar-refractivity contribution >= 4 is 5.84 Å². The van der Waals surface area contributed by atoms with Gasteiger partial charge in [0, 0.05) is 25.9 Å². The van der Waals surface area contributed by atoms with Crippen molar-refractivity contribution in [1.82, 2.24) is 4.90 Å². The molecule has 0 amide bonds. The first-order chi connectivity index (χ1) is 11.8. The fraction of sp³-hybridized carbons (Fsp3) is 0.350. The van der Waals surface area contributed by atoms with Gasteiger partial charge in [-0.05, 0) is 29.8 Å². The van der Waals surface area contributed by atoms with Gasteiger partial charge in [-0.25, -0.2) is 0 Å². The van der Waals surface area contributed by atoms with Gasteiger partial charge >= 0.3 is 0 Å². The van der Waals surface area contributed by atoms with Gasteiger partial charge < -0.3 is 14.4 Å². The molecule has 1 atom stereocenters. The molecular weight excluding hydrogens is 300 g/mol. The Morgan fingerprint density at radius 2 is 1.88 bits per heavy atom. The first-order valence-electron chi connectivity index (χ1n) is 8.32. The molecule has 4 nitrogen and oxygen atoms in total. The number of nitrogens with zero attached hydrogens (tertiary/aromatic N) is 2. The number of amidine groups is 1. The molecule has 3 rings (SSSR count). The largest absolute Gasteiger partial charge is 0.497 e. The number of para-hydroxylation sites is 1. The summed E-state index contributed by atoms with van der Waals surface area (Å²) < 4.78 is 11.0. The third kappa shape index (κ3) is 4.07. The number of methoxy groups -OCH3 is 1. The van der Waals surface area contributed by atoms with E-state index in [2.05, 4.69) is 30.1 Å². The highest BCUT2D eigenvalue weighted by Crippen LogP contribution is 2.29. The lowest BCUT2D eigenvalue weighted by Crippen LogP contribution is -2.20. The van der Waals surface area contributed by atoms with Crippen LogP contribution in [0.2, 0.25) is 0 Å². The molecular formula is C20H24N2O2. The third-order valence-electron chi connectivity index (χ3n) is 4.33. The van der Waals surface area contributed by atoms with Crippen LogP contribution in [0.5, 0.6) is 11.5 Å². The first kappa shape index (κ1) is 16.4. The Morgan fingerprint density at radius 1 is 1.08 bits per heavy atom. The Balaban J connectivity index is 1.55. The van der Waals surface area contributed by atoms with Crippen LogP contribution in [0.15, 0.2) is 59.6 Å². The second-order valence-electron chi connectivity index (χ2n) is 6.02. The minimum atomic E-state index is 0.471. The third-order valence-corrected chi connectivity index (χ3v) is 4.33. The number of likely N-dealkylation sites (tertiary alicyclic amines) is 1. The molecule has 1 unspecified atom stereocenters. The first-order valence-corrected chi connectivity index (χ1v) is 8.32. The summed E-state index contributed by atoms with van der Waals surface area (Å²) in [5.41, 5.74) is 1.31. The van der Waals surface area contributed by atoms with Crippen LogP contribution >= 0.6 is 0 Å². The predicted octanol–water partition coefficient (Wildman–Crippen LogP) is 3.59. The molecule has 1 aliphatic rings. The summed E-state index contributed by atoms with van der Waals surface area (Å²) in [4.78, 5) is 6.97. The van der Waals surface area contributed by atoms with Gasteiger partial charge in [-0.15, -0.1) is 0 Å². The molecule has 0 aliphatic carbocycles. The van der Waals surface area contributed by atoms with Gasteiger partial charge in [0.2, 0.25) is 0 Å². The highest BCUT2D eigenvalue weighted by molar-refractivity contribution is 5.85. The molecule has 1 fully saturated rings. The van der Waals surface area contributed by atoms with Crippen molar-refractivity contribution in [3.05, 3.63) is 60.2 Å². The number of rotatable bonds is 6. The van der Waals surface area contributed by atoms with Crippen molar-refractivity contribution < 1.29 is 9.47 Å². The van der Waals surface area contributed by atoms with E-state index in [1.165, 1.54) is 5.56 Å². The zero-order valence-corrected chi connectivity index (χ0v) is 14.3. The van der Waals surface area contributed by atoms with E-state index in [1.807, 2.05) is 36.4 Å². The molecule has 2 aromatic rings. The number of hydrogen-bond donors (Lipinski definition) is 0. The van der Waals surface area contributed by atoms with E-state index in [9.17, 15) is 0 Å². The molecule has 0 N–H and O–H groups in total. The summed E-state index contributed by atoms with van der Waals surface area (Å²) in [5.74, 6) is 3.43. The Labute approximate surface area is 143 Å². The summed E-state index contributed by atoms with van der Waals surface area (Å²) in [6.07, 6.45) is 0.967. The SMILES string of the molecule is COc1cccc(C2C/C(=N\CCOc3ccccc3)N(C)C2)c1. The molecule has 0 spiro atoms. The van der Waals surface area contributed by atoms with E-state index in [-0.39, 0.29) is 0 Å². The van der Waals surface area contributed by atoms with Crippen molar-refractivity contribution in [1.29, 1.82) is 0 Å². The van der Waals surface area contributed by atoms with Crippen LogP contribution in [0.4, 0.5) is 0 Å². The van der Waals surface area contributed by atoms with E-state index < -0.39 is 0 Å². The standard InChI is InChI=1S/C20H24N2O2/c1-22-15-17(16-7-6-10-19(13-16)23-2)14-20(22)21-11-12-24-18-8-4-3-5-9-18/h3-10,13,17H,11-12,14-15H2,1-2H3/b21-20+. The topological polar surface area (TPSA) is 34.1 Å². The van der Waals surface area contributed by atoms with E-state index in [0.717, 1.165) is 30.3 Å². The maximum Gasteiger partial charge on any atom is 0.119 e. The monoisotopic (exact) mass is 324 g/mol. The second kappa shape index (κ2) is 7.86. The van der Waals surface area contributed by atoms with E-state index in [4.69, 9.17) is 14.5 Å². The lowest BCUT2D eigenvalue weighted by atomic mass is 9.98. The van der Waals surface area contributed by atoms with Crippen LogP contribution in [0.3, 0.4) is 0 Å². The predicted molar refractivity (Wildman–Crippen MR) is 97.2 cm³/mol. The van der Waals surface area contributed by atoms with Crippen molar-refractivity contribution in [3.63, 3.8) is 0 Å². The van der Waals surface area contributed by atoms with Gasteiger partial charge in [0.05, 0.1) is 19.5 Å². The minimum Gasteiger partial charge on any atom is -0.497 e. The Morgan fingerprint density at radius 3 is 2.67 bits per heavy atom. The van der Waals surface area contributed by atoms with Crippen molar-refractivity contribution in [2.45, 2.75) is 12.3 Å². The molecule has 24 heavy (non-hydrogen) atoms. The van der Waals surface area contributed by atoms with Gasteiger partial charge in [-0.1, -0.05) is 30.3 Å². The van der Waals surface area contributed by atoms with Crippen LogP contribution in [0.1, 0.15) is 17.9 Å². The fourth-order valence-electron chi connectivity index (χ4n) is 3.04. The maximum absolute atomic E-state index is 5.70. The molecule has 0 aromatic heterocycles. The number of hydrogen-bond acceptors (Lipinski definition) is 3. The summed E-state index contributed by atoms with van der Waals surface area (Å²) in [5, 5.41) is 0. The summed E-state index contributed by atoms with van der Waals surface area (Å²) in [6.45, 7) is 2.27. The molecule has 1 aliphatic heterocycles. The highest BCUT2D eigenvalue weighted by Gasteiger charge is 2.26. The number of benzene rings is 2. The van der Waals surface area contributed by atoms with Gasteiger partial charge in [0.1, 0.15) is 18.1 Å². The van der Waals surface area contributed by atoms with Crippen LogP contribution < -0.4 is 9.47 Å². The van der Waals surface area contributed by atoms with Crippen LogP contribution in [-0.4, -0.2) is 44.6 Å². The zero-order chi connectivity index (χ0) is 16.8. The van der Waals surface area contributed by atoms with Gasteiger partial charge in [-0.2, -0.15) is 0 Å². The minimum absolute atomic E-state index is 0.471. The normalized spacial score (nSPS) is 18.8. The summed E-state index contributed by atoms with van der Waals surface area (Å²) >= 11 is 0. The highest BCUT2D eigenvalue weighted by atomic mass is 16.5. The molecule has 0 saturated carbocycles. The van der Waals surface area contributed by atoms with E-state index in [1.54, 1.807) is 7.11 Å². The summed E-state index contributed by atoms with van der Waals surface area (Å²) in [7, 11) is 3.82. The van der Waals surface area contributed by atoms with Crippen LogP contribution in [-0.2, 0) is 0 Å². The average Bonchev–Trinajstić information content (AvgIpc) is 3.00. The van der Waals surface area contributed by atoms with E-state index >= 15 is 0 Å². The molecule has 2 aromatic carbocycles. The van der Waals surface area contributed by atoms with Gasteiger partial charge in [0.25, 0.3) is 0 Å². The number of likely N-dealkylation sites (N-methyl/N-ethyl adjacent to an activating group) is 1. The van der Waals surface area contributed by atoms with Crippen LogP contribution in [0.25, 0.3) is 0 Å². The molecule has 1 heterocycles. The molecule has 0 radical (unpaired) electrons. The lowest BCUT2D eigenvalue weighted by Gasteiger charge is -2.13. The summed E-state index contributed by atoms with van der Waals surface area (Å²) in [6, 6.07) is 18.2. The fourth-order valence-corrected chi connectivity index (χ4v) is 3.04. The molecule has 1 saturated heterocycles. The lowest BCUT2D eigenvalue weighted by molar-refractivity contribution is 0.328. The second-order valence-corrected chi connectivity index (χ2v) is 6.02. The van der Waals surface area contributed by atoms with Crippen molar-refractivity contribution in [2.24, 2.45) is 4.99 Å². The molecule has 4 heteroatoms. The van der Waals surface area contributed by atoms with Crippen molar-refractivity contribution in [3.8, 4) is 11.5 Å². The smallest absolute Gasteiger partial charge is 0.119 e. The van der Waals surface area contributed by atoms with Crippen molar-refractivity contribution in [2.75, 3.05) is 33.9 Å². The van der Waals surface area contributed by atoms with Gasteiger partial charge in [-0.3, -0.25) is 4.99 Å².